The predicted molar refractivity (Wildman–Crippen MR) is 53.4 cm³/mol. The smallest absolute Gasteiger partial charge is 0.226 e. The van der Waals surface area contributed by atoms with Gasteiger partial charge in [-0.3, -0.25) is 4.79 Å². The van der Waals surface area contributed by atoms with E-state index in [4.69, 9.17) is 10.5 Å². The van der Waals surface area contributed by atoms with Crippen LogP contribution in [0.1, 0.15) is 19.3 Å². The lowest BCUT2D eigenvalue weighted by atomic mass is 10.2. The number of amides is 1. The highest BCUT2D eigenvalue weighted by Crippen LogP contribution is 2.10. The van der Waals surface area contributed by atoms with Crippen molar-refractivity contribution in [1.29, 1.82) is 0 Å². The van der Waals surface area contributed by atoms with Crippen molar-refractivity contribution < 1.29 is 9.53 Å². The van der Waals surface area contributed by atoms with Gasteiger partial charge in [-0.25, -0.2) is 0 Å². The zero-order chi connectivity index (χ0) is 9.68. The lowest BCUT2D eigenvalue weighted by molar-refractivity contribution is -0.120. The SMILES string of the molecule is NC(=S)CC(=O)NCC1CCCO1. The van der Waals surface area contributed by atoms with Crippen molar-refractivity contribution in [3.8, 4) is 0 Å². The lowest BCUT2D eigenvalue weighted by Crippen LogP contribution is -2.33. The van der Waals surface area contributed by atoms with Crippen LogP contribution < -0.4 is 11.1 Å². The molecule has 0 spiro atoms. The van der Waals surface area contributed by atoms with Crippen LogP contribution in [0.4, 0.5) is 0 Å². The summed E-state index contributed by atoms with van der Waals surface area (Å²) in [6.45, 7) is 1.37. The number of ether oxygens (including phenoxy) is 1. The fraction of sp³-hybridized carbons (Fsp3) is 0.750. The van der Waals surface area contributed by atoms with Gasteiger partial charge >= 0.3 is 0 Å². The molecule has 1 fully saturated rings. The highest BCUT2D eigenvalue weighted by atomic mass is 32.1. The second kappa shape index (κ2) is 5.14. The molecular weight excluding hydrogens is 188 g/mol. The van der Waals surface area contributed by atoms with Crippen LogP contribution in [0.25, 0.3) is 0 Å². The highest BCUT2D eigenvalue weighted by Gasteiger charge is 2.15. The monoisotopic (exact) mass is 202 g/mol. The maximum absolute atomic E-state index is 11.1. The summed E-state index contributed by atoms with van der Waals surface area (Å²) in [6.07, 6.45) is 2.40. The Kier molecular flexibility index (Phi) is 4.11. The van der Waals surface area contributed by atoms with Gasteiger partial charge < -0.3 is 15.8 Å². The molecule has 1 atom stereocenters. The maximum atomic E-state index is 11.1. The lowest BCUT2D eigenvalue weighted by Gasteiger charge is -2.09. The van der Waals surface area contributed by atoms with Crippen molar-refractivity contribution in [1.82, 2.24) is 5.32 Å². The molecule has 0 radical (unpaired) electrons. The van der Waals surface area contributed by atoms with Crippen molar-refractivity contribution in [2.75, 3.05) is 13.2 Å². The van der Waals surface area contributed by atoms with Gasteiger partial charge in [-0.15, -0.1) is 0 Å². The Hall–Kier alpha value is -0.680. The third kappa shape index (κ3) is 4.19. The second-order valence-electron chi connectivity index (χ2n) is 3.08. The Balaban J connectivity index is 2.10. The Morgan fingerprint density at radius 2 is 2.46 bits per heavy atom. The van der Waals surface area contributed by atoms with Gasteiger partial charge in [0.2, 0.25) is 5.91 Å². The van der Waals surface area contributed by atoms with Gasteiger partial charge in [0.05, 0.1) is 17.5 Å². The quantitative estimate of drug-likeness (QED) is 0.628. The minimum Gasteiger partial charge on any atom is -0.393 e. The molecule has 0 bridgehead atoms. The number of rotatable bonds is 4. The van der Waals surface area contributed by atoms with Crippen molar-refractivity contribution in [2.45, 2.75) is 25.4 Å². The zero-order valence-electron chi connectivity index (χ0n) is 7.41. The Labute approximate surface area is 82.8 Å². The first kappa shape index (κ1) is 10.4. The first-order chi connectivity index (χ1) is 6.18. The Morgan fingerprint density at radius 1 is 1.69 bits per heavy atom. The van der Waals surface area contributed by atoms with E-state index in [1.54, 1.807) is 0 Å². The van der Waals surface area contributed by atoms with Crippen molar-refractivity contribution in [2.24, 2.45) is 5.73 Å². The number of carbonyl (C=O) groups is 1. The maximum Gasteiger partial charge on any atom is 0.226 e. The van der Waals surface area contributed by atoms with E-state index >= 15 is 0 Å². The van der Waals surface area contributed by atoms with Crippen LogP contribution in [0, 0.1) is 0 Å². The molecule has 0 saturated carbocycles. The summed E-state index contributed by atoms with van der Waals surface area (Å²) in [6, 6.07) is 0. The number of nitrogens with one attached hydrogen (secondary N) is 1. The molecule has 1 amide bonds. The second-order valence-corrected chi connectivity index (χ2v) is 3.61. The van der Waals surface area contributed by atoms with E-state index in [1.165, 1.54) is 0 Å². The van der Waals surface area contributed by atoms with Gasteiger partial charge in [0.15, 0.2) is 0 Å². The number of hydrogen-bond acceptors (Lipinski definition) is 3. The summed E-state index contributed by atoms with van der Waals surface area (Å²) in [5.74, 6) is -0.122. The summed E-state index contributed by atoms with van der Waals surface area (Å²) in [7, 11) is 0. The van der Waals surface area contributed by atoms with Crippen molar-refractivity contribution >= 4 is 23.1 Å². The fourth-order valence-corrected chi connectivity index (χ4v) is 1.38. The Morgan fingerprint density at radius 3 is 3.00 bits per heavy atom. The fourth-order valence-electron chi connectivity index (χ4n) is 1.25. The van der Waals surface area contributed by atoms with Crippen molar-refractivity contribution in [3.63, 3.8) is 0 Å². The molecule has 1 aliphatic rings. The minimum atomic E-state index is -0.122. The van der Waals surface area contributed by atoms with Crippen LogP contribution in [0.15, 0.2) is 0 Å². The Bertz CT molecular complexity index is 202. The molecule has 0 aromatic heterocycles. The third-order valence-electron chi connectivity index (χ3n) is 1.89. The van der Waals surface area contributed by atoms with Gasteiger partial charge in [0, 0.05) is 13.2 Å². The van der Waals surface area contributed by atoms with Crippen LogP contribution in [-0.2, 0) is 9.53 Å². The molecule has 13 heavy (non-hydrogen) atoms. The summed E-state index contributed by atoms with van der Waals surface area (Å²) in [5.41, 5.74) is 5.22. The number of thiocarbonyl (C=S) groups is 1. The predicted octanol–water partition coefficient (Wildman–Crippen LogP) is -0.0422. The van der Waals surface area contributed by atoms with Crippen LogP contribution in [0.5, 0.6) is 0 Å². The van der Waals surface area contributed by atoms with Gasteiger partial charge in [0.1, 0.15) is 0 Å². The van der Waals surface area contributed by atoms with Gasteiger partial charge in [-0.2, -0.15) is 0 Å². The zero-order valence-corrected chi connectivity index (χ0v) is 8.23. The molecule has 0 aromatic carbocycles. The summed E-state index contributed by atoms with van der Waals surface area (Å²) < 4.78 is 5.33. The summed E-state index contributed by atoms with van der Waals surface area (Å²) >= 11 is 4.61. The third-order valence-corrected chi connectivity index (χ3v) is 2.03. The van der Waals surface area contributed by atoms with E-state index in [9.17, 15) is 4.79 Å². The molecule has 0 aliphatic carbocycles. The highest BCUT2D eigenvalue weighted by molar-refractivity contribution is 7.80. The molecule has 3 N–H and O–H groups in total. The first-order valence-corrected chi connectivity index (χ1v) is 4.76. The first-order valence-electron chi connectivity index (χ1n) is 4.35. The molecule has 0 aromatic rings. The average Bonchev–Trinajstić information content (AvgIpc) is 2.51. The minimum absolute atomic E-state index is 0.122. The molecular formula is C8H14N2O2S. The summed E-state index contributed by atoms with van der Waals surface area (Å²) in [5, 5.41) is 2.72. The van der Waals surface area contributed by atoms with Crippen LogP contribution >= 0.6 is 12.2 Å². The molecule has 5 heteroatoms. The van der Waals surface area contributed by atoms with E-state index in [-0.39, 0.29) is 23.4 Å². The van der Waals surface area contributed by atoms with Gasteiger partial charge in [-0.1, -0.05) is 12.2 Å². The molecule has 1 heterocycles. The molecule has 1 rings (SSSR count). The van der Waals surface area contributed by atoms with Gasteiger partial charge in [-0.05, 0) is 12.8 Å². The normalized spacial score (nSPS) is 21.4. The molecule has 74 valence electrons. The molecule has 1 aliphatic heterocycles. The molecule has 1 saturated heterocycles. The molecule has 1 unspecified atom stereocenters. The largest absolute Gasteiger partial charge is 0.393 e. The average molecular weight is 202 g/mol. The van der Waals surface area contributed by atoms with E-state index in [2.05, 4.69) is 17.5 Å². The topological polar surface area (TPSA) is 64.4 Å². The summed E-state index contributed by atoms with van der Waals surface area (Å²) in [4.78, 5) is 11.3. The van der Waals surface area contributed by atoms with Crippen LogP contribution in [0.3, 0.4) is 0 Å². The number of carbonyl (C=O) groups excluding carboxylic acids is 1. The number of nitrogens with two attached hydrogens (primary N) is 1. The van der Waals surface area contributed by atoms with E-state index in [0.717, 1.165) is 19.4 Å². The van der Waals surface area contributed by atoms with Gasteiger partial charge in [0.25, 0.3) is 0 Å². The van der Waals surface area contributed by atoms with E-state index < -0.39 is 0 Å². The van der Waals surface area contributed by atoms with E-state index in [0.29, 0.717) is 6.54 Å². The van der Waals surface area contributed by atoms with E-state index in [1.807, 2.05) is 0 Å². The van der Waals surface area contributed by atoms with Crippen LogP contribution in [0.2, 0.25) is 0 Å². The van der Waals surface area contributed by atoms with Crippen LogP contribution in [-0.4, -0.2) is 30.2 Å². The molecule has 4 nitrogen and oxygen atoms in total. The number of hydrogen-bond donors (Lipinski definition) is 2. The van der Waals surface area contributed by atoms with Crippen molar-refractivity contribution in [3.05, 3.63) is 0 Å². The standard InChI is InChI=1S/C8H14N2O2S/c9-7(13)4-8(11)10-5-6-2-1-3-12-6/h6H,1-5H2,(H2,9,13)(H,10,11).